The van der Waals surface area contributed by atoms with Crippen LogP contribution >= 0.6 is 0 Å². The Balaban J connectivity index is 2.91. The summed E-state index contributed by atoms with van der Waals surface area (Å²) < 4.78 is 0. The van der Waals surface area contributed by atoms with E-state index in [2.05, 4.69) is 113 Å². The molecule has 0 heterocycles. The topological polar surface area (TPSA) is 40.5 Å². The van der Waals surface area contributed by atoms with Crippen LogP contribution in [0.5, 0.6) is 0 Å². The fourth-order valence-electron chi connectivity index (χ4n) is 4.66. The highest BCUT2D eigenvalue weighted by Gasteiger charge is 2.48. The predicted octanol–water partition coefficient (Wildman–Crippen LogP) is 8.55. The van der Waals surface area contributed by atoms with Crippen LogP contribution in [0.1, 0.15) is 125 Å². The quantitative estimate of drug-likeness (QED) is 0.356. The van der Waals surface area contributed by atoms with E-state index in [0.717, 1.165) is 31.2 Å². The van der Waals surface area contributed by atoms with Crippen molar-refractivity contribution in [2.75, 3.05) is 0 Å². The normalized spacial score (nSPS) is 19.6. The molecule has 0 radical (unpaired) electrons. The van der Waals surface area contributed by atoms with Gasteiger partial charge in [-0.1, -0.05) is 114 Å². The minimum Gasteiger partial charge on any atom is -0.361 e. The van der Waals surface area contributed by atoms with Gasteiger partial charge in [0.25, 0.3) is 0 Å². The van der Waals surface area contributed by atoms with E-state index in [1.165, 1.54) is 16.7 Å². The maximum absolute atomic E-state index is 11.8. The first-order valence-corrected chi connectivity index (χ1v) is 13.4. The van der Waals surface area contributed by atoms with E-state index in [4.69, 9.17) is 0 Å². The van der Waals surface area contributed by atoms with Gasteiger partial charge in [-0.25, -0.2) is 0 Å². The molecule has 1 aliphatic rings. The molecule has 0 aliphatic heterocycles. The number of benzene rings is 1. The monoisotopic (exact) mass is 468 g/mol. The molecule has 34 heavy (non-hydrogen) atoms. The minimum atomic E-state index is -1.94. The summed E-state index contributed by atoms with van der Waals surface area (Å²) in [6, 6.07) is 6.77. The van der Waals surface area contributed by atoms with Crippen LogP contribution < -0.4 is 0 Å². The lowest BCUT2D eigenvalue weighted by Crippen LogP contribution is -2.47. The van der Waals surface area contributed by atoms with Crippen LogP contribution in [0.25, 0.3) is 5.57 Å². The Hall–Kier alpha value is -1.38. The first-order valence-electron chi connectivity index (χ1n) is 13.4. The van der Waals surface area contributed by atoms with Gasteiger partial charge in [0.15, 0.2) is 5.79 Å². The summed E-state index contributed by atoms with van der Waals surface area (Å²) in [5.41, 5.74) is 5.00. The second-order valence-electron chi connectivity index (χ2n) is 13.2. The number of hydrogen-bond donors (Lipinski definition) is 2. The summed E-state index contributed by atoms with van der Waals surface area (Å²) in [4.78, 5) is 0. The van der Waals surface area contributed by atoms with Crippen LogP contribution in [-0.2, 0) is 10.8 Å². The third kappa shape index (κ3) is 5.39. The SMILES string of the molecule is CCC(C)(C)C1=CC(C(C)(C)CC)C(O)(O)C(c2cc(C(C)(C)CC)cc(C(C)(C)CC)c2)=C1. The van der Waals surface area contributed by atoms with E-state index in [-0.39, 0.29) is 21.7 Å². The van der Waals surface area contributed by atoms with E-state index in [9.17, 15) is 10.2 Å². The molecule has 1 aromatic rings. The highest BCUT2D eigenvalue weighted by Crippen LogP contribution is 2.51. The second kappa shape index (κ2) is 9.58. The minimum absolute atomic E-state index is 0.000823. The van der Waals surface area contributed by atoms with Gasteiger partial charge in [0, 0.05) is 11.5 Å². The Bertz CT molecular complexity index is 904. The molecule has 1 aliphatic carbocycles. The van der Waals surface area contributed by atoms with Gasteiger partial charge < -0.3 is 10.2 Å². The largest absolute Gasteiger partial charge is 0.361 e. The molecule has 2 heteroatoms. The van der Waals surface area contributed by atoms with E-state index in [1.807, 2.05) is 0 Å². The van der Waals surface area contributed by atoms with Crippen LogP contribution in [0.2, 0.25) is 0 Å². The van der Waals surface area contributed by atoms with E-state index in [0.29, 0.717) is 5.57 Å². The fourth-order valence-corrected chi connectivity index (χ4v) is 4.66. The van der Waals surface area contributed by atoms with Crippen molar-refractivity contribution >= 4 is 5.57 Å². The van der Waals surface area contributed by atoms with Crippen LogP contribution in [0.4, 0.5) is 0 Å². The van der Waals surface area contributed by atoms with Gasteiger partial charge >= 0.3 is 0 Å². The van der Waals surface area contributed by atoms with Gasteiger partial charge in [0.05, 0.1) is 0 Å². The van der Waals surface area contributed by atoms with Crippen molar-refractivity contribution in [3.8, 4) is 0 Å². The number of hydrogen-bond acceptors (Lipinski definition) is 2. The highest BCUT2D eigenvalue weighted by atomic mass is 16.5. The van der Waals surface area contributed by atoms with Crippen molar-refractivity contribution in [3.63, 3.8) is 0 Å². The summed E-state index contributed by atoms with van der Waals surface area (Å²) in [5.74, 6) is -2.33. The van der Waals surface area contributed by atoms with Crippen LogP contribution in [-0.4, -0.2) is 16.0 Å². The lowest BCUT2D eigenvalue weighted by Gasteiger charge is -2.46. The molecule has 192 valence electrons. The van der Waals surface area contributed by atoms with E-state index < -0.39 is 11.7 Å². The molecular weight excluding hydrogens is 416 g/mol. The van der Waals surface area contributed by atoms with Crippen molar-refractivity contribution < 1.29 is 10.2 Å². The smallest absolute Gasteiger partial charge is 0.197 e. The molecule has 1 aromatic carbocycles. The highest BCUT2D eigenvalue weighted by molar-refractivity contribution is 5.77. The van der Waals surface area contributed by atoms with Crippen molar-refractivity contribution in [1.29, 1.82) is 0 Å². The molecular formula is C32H52O2. The standard InChI is InChI=1S/C32H52O2/c1-13-28(5,6)23-17-22(18-24(19-23)29(7,8)14-2)26-20-25(30(9,10)15-3)21-27(32(26,33)34)31(11,12)16-4/h17-21,27,33-34H,13-16H2,1-12H3. The molecule has 1 unspecified atom stereocenters. The molecule has 0 amide bonds. The fraction of sp³-hybridized carbons (Fsp3) is 0.688. The molecule has 2 N–H and O–H groups in total. The van der Waals surface area contributed by atoms with Gasteiger partial charge in [-0.05, 0) is 69.3 Å². The molecule has 0 spiro atoms. The average molecular weight is 469 g/mol. The van der Waals surface area contributed by atoms with Crippen LogP contribution in [0.15, 0.2) is 35.9 Å². The van der Waals surface area contributed by atoms with Crippen molar-refractivity contribution in [3.05, 3.63) is 52.6 Å². The van der Waals surface area contributed by atoms with Crippen LogP contribution in [0, 0.1) is 16.7 Å². The van der Waals surface area contributed by atoms with Crippen molar-refractivity contribution in [1.82, 2.24) is 0 Å². The van der Waals surface area contributed by atoms with Gasteiger partial charge in [0.1, 0.15) is 0 Å². The summed E-state index contributed by atoms with van der Waals surface area (Å²) in [6.45, 7) is 26.7. The first kappa shape index (κ1) is 28.9. The van der Waals surface area contributed by atoms with E-state index in [1.54, 1.807) is 0 Å². The average Bonchev–Trinajstić information content (AvgIpc) is 2.77. The maximum Gasteiger partial charge on any atom is 0.197 e. The van der Waals surface area contributed by atoms with Gasteiger partial charge in [-0.3, -0.25) is 0 Å². The Morgan fingerprint density at radius 1 is 0.676 bits per heavy atom. The molecule has 1 atom stereocenters. The summed E-state index contributed by atoms with van der Waals surface area (Å²) in [5, 5.41) is 23.6. The summed E-state index contributed by atoms with van der Waals surface area (Å²) in [7, 11) is 0. The van der Waals surface area contributed by atoms with Gasteiger partial charge in [0.2, 0.25) is 0 Å². The predicted molar refractivity (Wildman–Crippen MR) is 148 cm³/mol. The Morgan fingerprint density at radius 3 is 1.50 bits per heavy atom. The zero-order valence-corrected chi connectivity index (χ0v) is 24.2. The van der Waals surface area contributed by atoms with Crippen LogP contribution in [0.3, 0.4) is 0 Å². The number of allylic oxidation sites excluding steroid dienone is 2. The van der Waals surface area contributed by atoms with Gasteiger partial charge in [-0.2, -0.15) is 0 Å². The number of aliphatic hydroxyl groups is 2. The third-order valence-corrected chi connectivity index (χ3v) is 9.47. The molecule has 0 aromatic heterocycles. The molecule has 0 bridgehead atoms. The second-order valence-corrected chi connectivity index (χ2v) is 13.2. The zero-order valence-electron chi connectivity index (χ0n) is 24.2. The Labute approximate surface area is 210 Å². The van der Waals surface area contributed by atoms with Crippen molar-refractivity contribution in [2.24, 2.45) is 16.7 Å². The molecule has 0 saturated heterocycles. The van der Waals surface area contributed by atoms with E-state index >= 15 is 0 Å². The summed E-state index contributed by atoms with van der Waals surface area (Å²) >= 11 is 0. The first-order chi connectivity index (χ1) is 15.4. The Kier molecular flexibility index (Phi) is 8.13. The lowest BCUT2D eigenvalue weighted by molar-refractivity contribution is -0.164. The van der Waals surface area contributed by atoms with Gasteiger partial charge in [-0.15, -0.1) is 0 Å². The number of rotatable bonds is 9. The summed E-state index contributed by atoms with van der Waals surface area (Å²) in [6.07, 6.45) is 8.11. The molecule has 2 nitrogen and oxygen atoms in total. The lowest BCUT2D eigenvalue weighted by atomic mass is 9.63. The molecule has 0 fully saturated rings. The maximum atomic E-state index is 11.8. The third-order valence-electron chi connectivity index (χ3n) is 9.47. The molecule has 0 saturated carbocycles. The van der Waals surface area contributed by atoms with Crippen molar-refractivity contribution in [2.45, 2.75) is 125 Å². The zero-order chi connectivity index (χ0) is 26.3. The Morgan fingerprint density at radius 2 is 1.12 bits per heavy atom. The molecule has 2 rings (SSSR count).